The third-order valence-electron chi connectivity index (χ3n) is 2.72. The van der Waals surface area contributed by atoms with E-state index in [2.05, 4.69) is 0 Å². The van der Waals surface area contributed by atoms with Crippen molar-refractivity contribution < 1.29 is 14.5 Å². The normalized spacial score (nSPS) is 10.2. The van der Waals surface area contributed by atoms with Gasteiger partial charge in [-0.25, -0.2) is 4.79 Å². The van der Waals surface area contributed by atoms with Crippen molar-refractivity contribution in [3.8, 4) is 5.75 Å². The van der Waals surface area contributed by atoms with Crippen molar-refractivity contribution in [2.45, 2.75) is 6.92 Å². The predicted octanol–water partition coefficient (Wildman–Crippen LogP) is 4.43. The molecular weight excluding hydrogens is 317 g/mol. The first-order chi connectivity index (χ1) is 9.88. The summed E-state index contributed by atoms with van der Waals surface area (Å²) in [5.41, 5.74) is 0.374. The van der Waals surface area contributed by atoms with Gasteiger partial charge in [0, 0.05) is 11.1 Å². The van der Waals surface area contributed by atoms with Crippen LogP contribution in [-0.4, -0.2) is 10.9 Å². The second-order valence-electron chi connectivity index (χ2n) is 4.22. The largest absolute Gasteiger partial charge is 0.423 e. The highest BCUT2D eigenvalue weighted by molar-refractivity contribution is 6.32. The fourth-order valence-corrected chi connectivity index (χ4v) is 2.08. The summed E-state index contributed by atoms with van der Waals surface area (Å²) in [5, 5.41) is 11.3. The Balaban J connectivity index is 2.28. The molecule has 0 fully saturated rings. The molecule has 0 aliphatic carbocycles. The van der Waals surface area contributed by atoms with Crippen molar-refractivity contribution >= 4 is 34.9 Å². The number of rotatable bonds is 3. The van der Waals surface area contributed by atoms with E-state index in [1.54, 1.807) is 25.1 Å². The first kappa shape index (κ1) is 15.3. The van der Waals surface area contributed by atoms with Crippen molar-refractivity contribution in [1.29, 1.82) is 0 Å². The highest BCUT2D eigenvalue weighted by Crippen LogP contribution is 2.27. The van der Waals surface area contributed by atoms with Crippen LogP contribution < -0.4 is 4.74 Å². The minimum Gasteiger partial charge on any atom is -0.423 e. The summed E-state index contributed by atoms with van der Waals surface area (Å²) in [5.74, 6) is -0.373. The van der Waals surface area contributed by atoms with E-state index in [9.17, 15) is 14.9 Å². The molecule has 0 unspecified atom stereocenters. The minimum atomic E-state index is -0.708. The van der Waals surface area contributed by atoms with Crippen LogP contribution in [0.4, 0.5) is 5.69 Å². The highest BCUT2D eigenvalue weighted by atomic mass is 35.5. The number of halogens is 2. The summed E-state index contributed by atoms with van der Waals surface area (Å²) in [4.78, 5) is 22.2. The van der Waals surface area contributed by atoms with Gasteiger partial charge in [-0.3, -0.25) is 10.1 Å². The first-order valence-corrected chi connectivity index (χ1v) is 6.56. The minimum absolute atomic E-state index is 0.0421. The molecule has 2 aromatic carbocycles. The lowest BCUT2D eigenvalue weighted by Crippen LogP contribution is -2.09. The van der Waals surface area contributed by atoms with Crippen molar-refractivity contribution in [3.05, 3.63) is 67.7 Å². The van der Waals surface area contributed by atoms with E-state index in [0.717, 1.165) is 6.07 Å². The van der Waals surface area contributed by atoms with Crippen molar-refractivity contribution in [2.24, 2.45) is 0 Å². The lowest BCUT2D eigenvalue weighted by Gasteiger charge is -2.07. The average Bonchev–Trinajstić information content (AvgIpc) is 2.42. The Morgan fingerprint density at radius 1 is 1.19 bits per heavy atom. The Morgan fingerprint density at radius 3 is 2.52 bits per heavy atom. The van der Waals surface area contributed by atoms with Gasteiger partial charge in [-0.2, -0.15) is 0 Å². The van der Waals surface area contributed by atoms with Gasteiger partial charge in [-0.1, -0.05) is 23.2 Å². The molecule has 0 aliphatic heterocycles. The Labute approximate surface area is 130 Å². The summed E-state index contributed by atoms with van der Waals surface area (Å²) < 4.78 is 5.20. The average molecular weight is 326 g/mol. The van der Waals surface area contributed by atoms with Gasteiger partial charge < -0.3 is 4.74 Å². The van der Waals surface area contributed by atoms with Gasteiger partial charge >= 0.3 is 5.97 Å². The van der Waals surface area contributed by atoms with Crippen LogP contribution in [0.3, 0.4) is 0 Å². The topological polar surface area (TPSA) is 69.4 Å². The number of nitrogens with zero attached hydrogens (tertiary/aromatic N) is 1. The molecule has 108 valence electrons. The maximum Gasteiger partial charge on any atom is 0.343 e. The van der Waals surface area contributed by atoms with E-state index in [-0.39, 0.29) is 16.3 Å². The molecule has 0 N–H and O–H groups in total. The molecule has 0 amide bonds. The molecule has 0 atom stereocenters. The van der Waals surface area contributed by atoms with E-state index in [4.69, 9.17) is 27.9 Å². The Morgan fingerprint density at radius 2 is 1.90 bits per heavy atom. The fourth-order valence-electron chi connectivity index (χ4n) is 1.67. The van der Waals surface area contributed by atoms with Crippen LogP contribution in [-0.2, 0) is 0 Å². The van der Waals surface area contributed by atoms with Crippen molar-refractivity contribution in [2.75, 3.05) is 0 Å². The Bertz CT molecular complexity index is 731. The molecule has 0 radical (unpaired) electrons. The van der Waals surface area contributed by atoms with Crippen LogP contribution in [0.25, 0.3) is 0 Å². The number of benzene rings is 2. The third kappa shape index (κ3) is 3.51. The van der Waals surface area contributed by atoms with Crippen molar-refractivity contribution in [3.63, 3.8) is 0 Å². The Hall–Kier alpha value is -2.11. The summed E-state index contributed by atoms with van der Waals surface area (Å²) in [6.07, 6.45) is 0. The summed E-state index contributed by atoms with van der Waals surface area (Å²) in [6, 6.07) is 8.51. The van der Waals surface area contributed by atoms with Gasteiger partial charge in [-0.05, 0) is 42.8 Å². The smallest absolute Gasteiger partial charge is 0.343 e. The van der Waals surface area contributed by atoms with Gasteiger partial charge in [0.15, 0.2) is 0 Å². The molecule has 0 spiro atoms. The lowest BCUT2D eigenvalue weighted by atomic mass is 10.2. The number of esters is 1. The van der Waals surface area contributed by atoms with Crippen LogP contribution in [0.15, 0.2) is 36.4 Å². The van der Waals surface area contributed by atoms with Crippen molar-refractivity contribution in [1.82, 2.24) is 0 Å². The van der Waals surface area contributed by atoms with E-state index < -0.39 is 10.9 Å². The van der Waals surface area contributed by atoms with Gasteiger partial charge in [0.05, 0.1) is 10.5 Å². The molecule has 5 nitrogen and oxygen atoms in total. The van der Waals surface area contributed by atoms with E-state index >= 15 is 0 Å². The number of hydrogen-bond acceptors (Lipinski definition) is 4. The van der Waals surface area contributed by atoms with Gasteiger partial charge in [0.1, 0.15) is 10.8 Å². The standard InChI is InChI=1S/C14H9Cl2NO4/c1-8-6-10(15)3-5-13(8)21-14(18)9-2-4-11(16)12(7-9)17(19)20/h2-7H,1H3. The number of nitro groups is 1. The quantitative estimate of drug-likeness (QED) is 0.362. The second kappa shape index (κ2) is 6.11. The SMILES string of the molecule is Cc1cc(Cl)ccc1OC(=O)c1ccc(Cl)c([N+](=O)[O-])c1. The Kier molecular flexibility index (Phi) is 4.45. The van der Waals surface area contributed by atoms with E-state index in [0.29, 0.717) is 16.3 Å². The summed E-state index contributed by atoms with van der Waals surface area (Å²) >= 11 is 11.5. The zero-order chi connectivity index (χ0) is 15.6. The maximum atomic E-state index is 12.0. The second-order valence-corrected chi connectivity index (χ2v) is 5.07. The molecule has 0 aliphatic rings. The number of ether oxygens (including phenoxy) is 1. The molecule has 0 saturated carbocycles. The van der Waals surface area contributed by atoms with Crippen LogP contribution >= 0.6 is 23.2 Å². The first-order valence-electron chi connectivity index (χ1n) is 5.81. The van der Waals surface area contributed by atoms with Crippen LogP contribution in [0.5, 0.6) is 5.75 Å². The van der Waals surface area contributed by atoms with Gasteiger partial charge in [0.25, 0.3) is 5.69 Å². The monoisotopic (exact) mass is 325 g/mol. The molecular formula is C14H9Cl2NO4. The number of aryl methyl sites for hydroxylation is 1. The van der Waals surface area contributed by atoms with Crippen LogP contribution in [0.1, 0.15) is 15.9 Å². The summed E-state index contributed by atoms with van der Waals surface area (Å²) in [7, 11) is 0. The van der Waals surface area contributed by atoms with E-state index in [1.807, 2.05) is 0 Å². The molecule has 0 heterocycles. The number of carbonyl (C=O) groups is 1. The molecule has 0 aromatic heterocycles. The summed E-state index contributed by atoms with van der Waals surface area (Å²) in [6.45, 7) is 1.73. The number of carbonyl (C=O) groups excluding carboxylic acids is 1. The predicted molar refractivity (Wildman–Crippen MR) is 79.3 cm³/mol. The van der Waals surface area contributed by atoms with Crippen LogP contribution in [0, 0.1) is 17.0 Å². The number of nitro benzene ring substituents is 1. The van der Waals surface area contributed by atoms with Gasteiger partial charge in [-0.15, -0.1) is 0 Å². The third-order valence-corrected chi connectivity index (χ3v) is 3.27. The van der Waals surface area contributed by atoms with Crippen LogP contribution in [0.2, 0.25) is 10.0 Å². The molecule has 7 heteroatoms. The number of hydrogen-bond donors (Lipinski definition) is 0. The zero-order valence-corrected chi connectivity index (χ0v) is 12.3. The lowest BCUT2D eigenvalue weighted by molar-refractivity contribution is -0.384. The van der Waals surface area contributed by atoms with E-state index in [1.165, 1.54) is 12.1 Å². The molecule has 2 rings (SSSR count). The highest BCUT2D eigenvalue weighted by Gasteiger charge is 2.18. The molecule has 0 saturated heterocycles. The van der Waals surface area contributed by atoms with Gasteiger partial charge in [0.2, 0.25) is 0 Å². The fraction of sp³-hybridized carbons (Fsp3) is 0.0714. The maximum absolute atomic E-state index is 12.0. The zero-order valence-electron chi connectivity index (χ0n) is 10.8. The molecule has 2 aromatic rings. The molecule has 0 bridgehead atoms. The molecule has 21 heavy (non-hydrogen) atoms.